The highest BCUT2D eigenvalue weighted by Crippen LogP contribution is 2.35. The first-order chi connectivity index (χ1) is 7.36. The molecule has 0 atom stereocenters. The van der Waals surface area contributed by atoms with Crippen molar-refractivity contribution in [3.63, 3.8) is 0 Å². The largest absolute Gasteiger partial charge is 0.467 e. The van der Waals surface area contributed by atoms with E-state index < -0.39 is 0 Å². The third kappa shape index (κ3) is 1.81. The lowest BCUT2D eigenvalue weighted by atomic mass is 10.0. The molecule has 0 heterocycles. The number of ether oxygens (including phenoxy) is 2. The molecule has 0 aromatic heterocycles. The summed E-state index contributed by atoms with van der Waals surface area (Å²) in [5.74, 6) is 0.873. The first-order valence-corrected chi connectivity index (χ1v) is 4.93. The van der Waals surface area contributed by atoms with E-state index in [4.69, 9.17) is 9.47 Å². The highest BCUT2D eigenvalue weighted by atomic mass is 16.7. The van der Waals surface area contributed by atoms with Gasteiger partial charge in [0.05, 0.1) is 0 Å². The molecule has 0 saturated carbocycles. The van der Waals surface area contributed by atoms with Crippen LogP contribution in [0.1, 0.15) is 11.1 Å². The molecule has 0 bridgehead atoms. The van der Waals surface area contributed by atoms with E-state index >= 15 is 0 Å². The fraction of sp³-hybridized carbons (Fsp3) is 0.231. The second-order valence-corrected chi connectivity index (χ2v) is 3.41. The summed E-state index contributed by atoms with van der Waals surface area (Å²) in [4.78, 5) is 0. The van der Waals surface area contributed by atoms with Crippen LogP contribution in [0, 0.1) is 0 Å². The molecular weight excluding hydrogens is 188 g/mol. The van der Waals surface area contributed by atoms with E-state index in [1.165, 1.54) is 5.56 Å². The molecule has 0 N–H and O–H groups in total. The highest BCUT2D eigenvalue weighted by Gasteiger charge is 2.16. The summed E-state index contributed by atoms with van der Waals surface area (Å²) in [5, 5.41) is 0. The van der Waals surface area contributed by atoms with Crippen molar-refractivity contribution in [2.24, 2.45) is 0 Å². The van der Waals surface area contributed by atoms with Crippen molar-refractivity contribution < 1.29 is 9.47 Å². The average Bonchev–Trinajstić information content (AvgIpc) is 2.69. The summed E-state index contributed by atoms with van der Waals surface area (Å²) in [6.45, 7) is 4.09. The Balaban J connectivity index is 2.36. The van der Waals surface area contributed by atoms with Crippen LogP contribution in [0.4, 0.5) is 0 Å². The van der Waals surface area contributed by atoms with Gasteiger partial charge in [0.25, 0.3) is 0 Å². The van der Waals surface area contributed by atoms with Crippen LogP contribution in [-0.4, -0.2) is 13.9 Å². The molecule has 0 unspecified atom stereocenters. The van der Waals surface area contributed by atoms with Crippen LogP contribution in [0.25, 0.3) is 5.57 Å². The van der Waals surface area contributed by atoms with Gasteiger partial charge in [-0.05, 0) is 23.6 Å². The Hall–Kier alpha value is -1.54. The Bertz CT molecular complexity index is 405. The van der Waals surface area contributed by atoms with Crippen molar-refractivity contribution in [3.8, 4) is 5.75 Å². The van der Waals surface area contributed by atoms with E-state index in [1.54, 1.807) is 7.11 Å². The van der Waals surface area contributed by atoms with Gasteiger partial charge in [-0.25, -0.2) is 0 Å². The number of methoxy groups -OCH3 is 1. The van der Waals surface area contributed by atoms with Crippen molar-refractivity contribution >= 4 is 5.57 Å². The third-order valence-electron chi connectivity index (χ3n) is 2.50. The molecule has 0 fully saturated rings. The Labute approximate surface area is 89.8 Å². The number of fused-ring (bicyclic) bond motifs is 1. The molecule has 1 aliphatic rings. The molecule has 0 aliphatic heterocycles. The predicted molar refractivity (Wildman–Crippen MR) is 60.8 cm³/mol. The summed E-state index contributed by atoms with van der Waals surface area (Å²) >= 11 is 0. The molecule has 78 valence electrons. The first-order valence-electron chi connectivity index (χ1n) is 4.93. The number of benzene rings is 1. The van der Waals surface area contributed by atoms with Crippen LogP contribution in [0.2, 0.25) is 0 Å². The van der Waals surface area contributed by atoms with Crippen LogP contribution < -0.4 is 4.74 Å². The van der Waals surface area contributed by atoms with Gasteiger partial charge in [0.1, 0.15) is 5.75 Å². The van der Waals surface area contributed by atoms with E-state index in [0.717, 1.165) is 23.3 Å². The fourth-order valence-electron chi connectivity index (χ4n) is 1.82. The molecule has 0 saturated heterocycles. The van der Waals surface area contributed by atoms with E-state index in [0.29, 0.717) is 0 Å². The summed E-state index contributed by atoms with van der Waals surface area (Å²) in [6.07, 6.45) is 4.99. The van der Waals surface area contributed by atoms with Crippen LogP contribution in [0.15, 0.2) is 36.9 Å². The lowest BCUT2D eigenvalue weighted by Crippen LogP contribution is -2.01. The predicted octanol–water partition coefficient (Wildman–Crippen LogP) is 2.79. The van der Waals surface area contributed by atoms with Crippen molar-refractivity contribution in [2.45, 2.75) is 6.42 Å². The maximum Gasteiger partial charge on any atom is 0.188 e. The van der Waals surface area contributed by atoms with Gasteiger partial charge in [-0.2, -0.15) is 0 Å². The van der Waals surface area contributed by atoms with Gasteiger partial charge < -0.3 is 9.47 Å². The maximum atomic E-state index is 5.52. The number of allylic oxidation sites excluding steroid dienone is 3. The third-order valence-corrected chi connectivity index (χ3v) is 2.50. The minimum absolute atomic E-state index is 0.279. The van der Waals surface area contributed by atoms with Gasteiger partial charge in [0.15, 0.2) is 6.79 Å². The standard InChI is InChI=1S/C13H14O2/c1-3-10-7-8-11-5-4-6-12(13(10)11)15-9-14-2/h3-7H,1,8-9H2,2H3. The lowest BCUT2D eigenvalue weighted by Gasteiger charge is -2.11. The zero-order valence-corrected chi connectivity index (χ0v) is 8.82. The summed E-state index contributed by atoms with van der Waals surface area (Å²) in [7, 11) is 1.62. The van der Waals surface area contributed by atoms with E-state index in [9.17, 15) is 0 Å². The Kier molecular flexibility index (Phi) is 2.88. The second kappa shape index (κ2) is 4.32. The van der Waals surface area contributed by atoms with Crippen molar-refractivity contribution in [2.75, 3.05) is 13.9 Å². The van der Waals surface area contributed by atoms with Crippen molar-refractivity contribution in [1.29, 1.82) is 0 Å². The monoisotopic (exact) mass is 202 g/mol. The molecule has 0 radical (unpaired) electrons. The van der Waals surface area contributed by atoms with Gasteiger partial charge in [-0.3, -0.25) is 0 Å². The molecule has 0 amide bonds. The minimum Gasteiger partial charge on any atom is -0.467 e. The van der Waals surface area contributed by atoms with Gasteiger partial charge in [-0.15, -0.1) is 0 Å². The average molecular weight is 202 g/mol. The Morgan fingerprint density at radius 2 is 2.33 bits per heavy atom. The van der Waals surface area contributed by atoms with E-state index in [2.05, 4.69) is 18.7 Å². The highest BCUT2D eigenvalue weighted by molar-refractivity contribution is 5.83. The molecule has 2 rings (SSSR count). The van der Waals surface area contributed by atoms with E-state index in [-0.39, 0.29) is 6.79 Å². The summed E-state index contributed by atoms with van der Waals surface area (Å²) in [6, 6.07) is 6.08. The smallest absolute Gasteiger partial charge is 0.188 e. The normalized spacial score (nSPS) is 13.3. The van der Waals surface area contributed by atoms with Crippen LogP contribution >= 0.6 is 0 Å². The van der Waals surface area contributed by atoms with Crippen LogP contribution in [-0.2, 0) is 11.2 Å². The maximum absolute atomic E-state index is 5.52. The first kappa shape index (κ1) is 9.99. The molecule has 1 aromatic rings. The van der Waals surface area contributed by atoms with Gasteiger partial charge >= 0.3 is 0 Å². The fourth-order valence-corrected chi connectivity index (χ4v) is 1.82. The van der Waals surface area contributed by atoms with Gasteiger partial charge in [-0.1, -0.05) is 30.9 Å². The summed E-state index contributed by atoms with van der Waals surface area (Å²) < 4.78 is 10.4. The summed E-state index contributed by atoms with van der Waals surface area (Å²) in [5.41, 5.74) is 3.60. The molecule has 1 aliphatic carbocycles. The quantitative estimate of drug-likeness (QED) is 0.699. The number of hydrogen-bond acceptors (Lipinski definition) is 2. The number of rotatable bonds is 4. The minimum atomic E-state index is 0.279. The molecule has 2 heteroatoms. The topological polar surface area (TPSA) is 18.5 Å². The van der Waals surface area contributed by atoms with Crippen molar-refractivity contribution in [1.82, 2.24) is 0 Å². The Morgan fingerprint density at radius 1 is 1.47 bits per heavy atom. The zero-order chi connectivity index (χ0) is 10.7. The molecule has 2 nitrogen and oxygen atoms in total. The SMILES string of the molecule is C=CC1=CCc2cccc(OCOC)c21. The molecule has 15 heavy (non-hydrogen) atoms. The zero-order valence-electron chi connectivity index (χ0n) is 8.82. The van der Waals surface area contributed by atoms with Crippen LogP contribution in [0.3, 0.4) is 0 Å². The van der Waals surface area contributed by atoms with E-state index in [1.807, 2.05) is 18.2 Å². The molecular formula is C13H14O2. The van der Waals surface area contributed by atoms with Crippen LogP contribution in [0.5, 0.6) is 5.75 Å². The van der Waals surface area contributed by atoms with Gasteiger partial charge in [0, 0.05) is 12.7 Å². The van der Waals surface area contributed by atoms with Crippen molar-refractivity contribution in [3.05, 3.63) is 48.1 Å². The number of hydrogen-bond donors (Lipinski definition) is 0. The molecule has 1 aromatic carbocycles. The second-order valence-electron chi connectivity index (χ2n) is 3.41. The molecule has 0 spiro atoms. The van der Waals surface area contributed by atoms with Gasteiger partial charge in [0.2, 0.25) is 0 Å². The Morgan fingerprint density at radius 3 is 3.07 bits per heavy atom. The lowest BCUT2D eigenvalue weighted by molar-refractivity contribution is 0.0509.